The second-order valence-corrected chi connectivity index (χ2v) is 6.37. The van der Waals surface area contributed by atoms with Crippen molar-refractivity contribution in [3.8, 4) is 0 Å². The number of halogens is 1. The SMILES string of the molecule is CC(=O)Nc1ccc(CC(=O)N2CCN(c3ccccc3F)CC2)cc1. The van der Waals surface area contributed by atoms with Gasteiger partial charge in [0.05, 0.1) is 12.1 Å². The van der Waals surface area contributed by atoms with Gasteiger partial charge in [-0.3, -0.25) is 9.59 Å². The highest BCUT2D eigenvalue weighted by molar-refractivity contribution is 5.88. The zero-order chi connectivity index (χ0) is 18.5. The molecule has 0 spiro atoms. The van der Waals surface area contributed by atoms with Crippen molar-refractivity contribution in [1.82, 2.24) is 4.90 Å². The van der Waals surface area contributed by atoms with Crippen LogP contribution in [0.5, 0.6) is 0 Å². The topological polar surface area (TPSA) is 52.7 Å². The number of piperazine rings is 1. The van der Waals surface area contributed by atoms with E-state index in [9.17, 15) is 14.0 Å². The van der Waals surface area contributed by atoms with Crippen molar-refractivity contribution in [3.05, 3.63) is 59.9 Å². The van der Waals surface area contributed by atoms with Gasteiger partial charge in [-0.15, -0.1) is 0 Å². The van der Waals surface area contributed by atoms with E-state index < -0.39 is 0 Å². The normalized spacial score (nSPS) is 14.2. The average Bonchev–Trinajstić information content (AvgIpc) is 2.63. The van der Waals surface area contributed by atoms with Crippen molar-refractivity contribution >= 4 is 23.2 Å². The van der Waals surface area contributed by atoms with Crippen LogP contribution in [0.4, 0.5) is 15.8 Å². The fraction of sp³-hybridized carbons (Fsp3) is 0.300. The first-order valence-corrected chi connectivity index (χ1v) is 8.67. The minimum Gasteiger partial charge on any atom is -0.366 e. The van der Waals surface area contributed by atoms with E-state index in [1.165, 1.54) is 13.0 Å². The first-order valence-electron chi connectivity index (χ1n) is 8.67. The number of nitrogens with one attached hydrogen (secondary N) is 1. The third-order valence-electron chi connectivity index (χ3n) is 4.46. The van der Waals surface area contributed by atoms with Gasteiger partial charge in [-0.1, -0.05) is 24.3 Å². The van der Waals surface area contributed by atoms with Crippen LogP contribution in [0, 0.1) is 5.82 Å². The quantitative estimate of drug-likeness (QED) is 0.917. The van der Waals surface area contributed by atoms with Crippen LogP contribution in [0.25, 0.3) is 0 Å². The number of carbonyl (C=O) groups is 2. The summed E-state index contributed by atoms with van der Waals surface area (Å²) in [6, 6.07) is 14.0. The van der Waals surface area contributed by atoms with Gasteiger partial charge < -0.3 is 15.1 Å². The van der Waals surface area contributed by atoms with E-state index in [-0.39, 0.29) is 17.6 Å². The van der Waals surface area contributed by atoms with Gasteiger partial charge in [0.2, 0.25) is 11.8 Å². The lowest BCUT2D eigenvalue weighted by atomic mass is 10.1. The van der Waals surface area contributed by atoms with Crippen LogP contribution >= 0.6 is 0 Å². The minimum absolute atomic E-state index is 0.0606. The number of amides is 2. The number of nitrogens with zero attached hydrogens (tertiary/aromatic N) is 2. The molecule has 136 valence electrons. The van der Waals surface area contributed by atoms with E-state index in [0.717, 1.165) is 5.56 Å². The van der Waals surface area contributed by atoms with Crippen molar-refractivity contribution in [3.63, 3.8) is 0 Å². The zero-order valence-corrected chi connectivity index (χ0v) is 14.7. The van der Waals surface area contributed by atoms with Gasteiger partial charge in [0.25, 0.3) is 0 Å². The maximum atomic E-state index is 13.9. The molecule has 1 heterocycles. The Morgan fingerprint density at radius 2 is 1.65 bits per heavy atom. The molecule has 0 bridgehead atoms. The minimum atomic E-state index is -0.230. The summed E-state index contributed by atoms with van der Waals surface area (Å²) in [6.07, 6.45) is 0.319. The molecule has 2 aromatic carbocycles. The van der Waals surface area contributed by atoms with Crippen LogP contribution in [0.2, 0.25) is 0 Å². The number of para-hydroxylation sites is 1. The molecular formula is C20H22FN3O2. The van der Waals surface area contributed by atoms with E-state index >= 15 is 0 Å². The number of benzene rings is 2. The Hall–Kier alpha value is -2.89. The molecule has 0 saturated carbocycles. The third-order valence-corrected chi connectivity index (χ3v) is 4.46. The lowest BCUT2D eigenvalue weighted by Crippen LogP contribution is -2.49. The summed E-state index contributed by atoms with van der Waals surface area (Å²) in [7, 11) is 0. The predicted octanol–water partition coefficient (Wildman–Crippen LogP) is 2.68. The van der Waals surface area contributed by atoms with Gasteiger partial charge in [0.1, 0.15) is 5.82 Å². The summed E-state index contributed by atoms with van der Waals surface area (Å²) >= 11 is 0. The van der Waals surface area contributed by atoms with Crippen molar-refractivity contribution in [2.24, 2.45) is 0 Å². The molecule has 0 radical (unpaired) electrons. The zero-order valence-electron chi connectivity index (χ0n) is 14.7. The second kappa shape index (κ2) is 7.99. The van der Waals surface area contributed by atoms with Crippen molar-refractivity contribution in [2.45, 2.75) is 13.3 Å². The average molecular weight is 355 g/mol. The van der Waals surface area contributed by atoms with Crippen LogP contribution in [0.1, 0.15) is 12.5 Å². The summed E-state index contributed by atoms with van der Waals surface area (Å²) in [4.78, 5) is 27.3. The fourth-order valence-electron chi connectivity index (χ4n) is 3.10. The number of hydrogen-bond acceptors (Lipinski definition) is 3. The number of carbonyl (C=O) groups excluding carboxylic acids is 2. The molecule has 6 heteroatoms. The van der Waals surface area contributed by atoms with Crippen LogP contribution < -0.4 is 10.2 Å². The fourth-order valence-corrected chi connectivity index (χ4v) is 3.10. The summed E-state index contributed by atoms with van der Waals surface area (Å²) in [6.45, 7) is 3.86. The maximum absolute atomic E-state index is 13.9. The Morgan fingerprint density at radius 1 is 1.00 bits per heavy atom. The second-order valence-electron chi connectivity index (χ2n) is 6.37. The first-order chi connectivity index (χ1) is 12.5. The maximum Gasteiger partial charge on any atom is 0.227 e. The van der Waals surface area contributed by atoms with E-state index in [4.69, 9.17) is 0 Å². The van der Waals surface area contributed by atoms with Crippen LogP contribution in [0.3, 0.4) is 0 Å². The summed E-state index contributed by atoms with van der Waals surface area (Å²) in [5, 5.41) is 2.70. The standard InChI is InChI=1S/C20H22FN3O2/c1-15(25)22-17-8-6-16(7-9-17)14-20(26)24-12-10-23(11-13-24)19-5-3-2-4-18(19)21/h2-9H,10-14H2,1H3,(H,22,25). The van der Waals surface area contributed by atoms with E-state index in [1.54, 1.807) is 24.3 Å². The molecule has 1 aliphatic rings. The van der Waals surface area contributed by atoms with Gasteiger partial charge in [0, 0.05) is 38.8 Å². The van der Waals surface area contributed by atoms with E-state index in [1.807, 2.05) is 28.0 Å². The Bertz CT molecular complexity index is 784. The molecule has 2 amide bonds. The smallest absolute Gasteiger partial charge is 0.227 e. The lowest BCUT2D eigenvalue weighted by molar-refractivity contribution is -0.130. The third kappa shape index (κ3) is 4.39. The Morgan fingerprint density at radius 3 is 2.27 bits per heavy atom. The van der Waals surface area contributed by atoms with Crippen molar-refractivity contribution in [1.29, 1.82) is 0 Å². The molecule has 1 aliphatic heterocycles. The van der Waals surface area contributed by atoms with Crippen LogP contribution in [-0.2, 0) is 16.0 Å². The molecule has 3 rings (SSSR count). The molecule has 1 saturated heterocycles. The molecule has 0 unspecified atom stereocenters. The summed E-state index contributed by atoms with van der Waals surface area (Å²) in [5.41, 5.74) is 2.21. The molecule has 0 aliphatic carbocycles. The van der Waals surface area contributed by atoms with Gasteiger partial charge in [-0.25, -0.2) is 4.39 Å². The van der Waals surface area contributed by atoms with Gasteiger partial charge >= 0.3 is 0 Å². The van der Waals surface area contributed by atoms with Gasteiger partial charge in [-0.2, -0.15) is 0 Å². The monoisotopic (exact) mass is 355 g/mol. The largest absolute Gasteiger partial charge is 0.366 e. The van der Waals surface area contributed by atoms with Gasteiger partial charge in [0.15, 0.2) is 0 Å². The van der Waals surface area contributed by atoms with E-state index in [0.29, 0.717) is 44.0 Å². The first kappa shape index (κ1) is 17.9. The molecule has 0 aromatic heterocycles. The Balaban J connectivity index is 1.54. The predicted molar refractivity (Wildman–Crippen MR) is 99.6 cm³/mol. The molecular weight excluding hydrogens is 333 g/mol. The number of hydrogen-bond donors (Lipinski definition) is 1. The van der Waals surface area contributed by atoms with Crippen LogP contribution in [-0.4, -0.2) is 42.9 Å². The number of rotatable bonds is 4. The Kier molecular flexibility index (Phi) is 5.51. The van der Waals surface area contributed by atoms with Crippen LogP contribution in [0.15, 0.2) is 48.5 Å². The summed E-state index contributed by atoms with van der Waals surface area (Å²) in [5.74, 6) is -0.293. The van der Waals surface area contributed by atoms with Gasteiger partial charge in [-0.05, 0) is 29.8 Å². The molecule has 1 N–H and O–H groups in total. The summed E-state index contributed by atoms with van der Waals surface area (Å²) < 4.78 is 13.9. The highest BCUT2D eigenvalue weighted by Gasteiger charge is 2.22. The Labute approximate surface area is 152 Å². The molecule has 26 heavy (non-hydrogen) atoms. The number of anilines is 2. The molecule has 0 atom stereocenters. The lowest BCUT2D eigenvalue weighted by Gasteiger charge is -2.36. The highest BCUT2D eigenvalue weighted by Crippen LogP contribution is 2.20. The van der Waals surface area contributed by atoms with Crippen molar-refractivity contribution < 1.29 is 14.0 Å². The molecule has 2 aromatic rings. The van der Waals surface area contributed by atoms with Crippen molar-refractivity contribution in [2.75, 3.05) is 36.4 Å². The van der Waals surface area contributed by atoms with E-state index in [2.05, 4.69) is 5.32 Å². The molecule has 5 nitrogen and oxygen atoms in total. The highest BCUT2D eigenvalue weighted by atomic mass is 19.1. The molecule has 1 fully saturated rings.